The van der Waals surface area contributed by atoms with Crippen LogP contribution in [0.1, 0.15) is 18.1 Å². The maximum absolute atomic E-state index is 11.4. The number of hydrogen-bond acceptors (Lipinski definition) is 3. The van der Waals surface area contributed by atoms with Crippen molar-refractivity contribution in [2.45, 2.75) is 12.7 Å². The van der Waals surface area contributed by atoms with Crippen LogP contribution in [0.15, 0.2) is 24.3 Å². The first-order chi connectivity index (χ1) is 6.96. The van der Waals surface area contributed by atoms with E-state index >= 15 is 0 Å². The topological polar surface area (TPSA) is 84.0 Å². The predicted octanol–water partition coefficient (Wildman–Crippen LogP) is 0.905. The third kappa shape index (κ3) is 3.06. The minimum atomic E-state index is -3.08. The first-order valence-corrected chi connectivity index (χ1v) is 6.41. The summed E-state index contributed by atoms with van der Waals surface area (Å²) < 4.78 is 22.9. The van der Waals surface area contributed by atoms with E-state index in [4.69, 9.17) is 11.1 Å². The Morgan fingerprint density at radius 1 is 1.40 bits per heavy atom. The molecule has 0 atom stereocenters. The molecule has 0 saturated heterocycles. The number of sulfone groups is 1. The molecule has 82 valence electrons. The van der Waals surface area contributed by atoms with Crippen molar-refractivity contribution in [3.05, 3.63) is 35.4 Å². The highest BCUT2D eigenvalue weighted by Crippen LogP contribution is 2.12. The lowest BCUT2D eigenvalue weighted by Crippen LogP contribution is -2.16. The van der Waals surface area contributed by atoms with E-state index in [2.05, 4.69) is 0 Å². The first-order valence-electron chi connectivity index (χ1n) is 4.59. The molecule has 0 amide bonds. The second-order valence-electron chi connectivity index (χ2n) is 3.25. The zero-order chi connectivity index (χ0) is 11.5. The summed E-state index contributed by atoms with van der Waals surface area (Å²) in [6.45, 7) is 1.60. The summed E-state index contributed by atoms with van der Waals surface area (Å²) >= 11 is 0. The van der Waals surface area contributed by atoms with Crippen molar-refractivity contribution in [2.75, 3.05) is 5.75 Å². The molecule has 3 N–H and O–H groups in total. The third-order valence-electron chi connectivity index (χ3n) is 2.12. The van der Waals surface area contributed by atoms with Gasteiger partial charge in [0.15, 0.2) is 9.84 Å². The van der Waals surface area contributed by atoms with Crippen molar-refractivity contribution in [2.24, 2.45) is 5.73 Å². The first kappa shape index (κ1) is 11.7. The van der Waals surface area contributed by atoms with Crippen molar-refractivity contribution >= 4 is 15.7 Å². The Labute approximate surface area is 89.5 Å². The SMILES string of the molecule is CCS(=O)(=O)Cc1ccccc1C(=N)N. The molecule has 0 unspecified atom stereocenters. The molecule has 0 radical (unpaired) electrons. The van der Waals surface area contributed by atoms with E-state index in [1.54, 1.807) is 31.2 Å². The van der Waals surface area contributed by atoms with Gasteiger partial charge in [-0.1, -0.05) is 31.2 Å². The highest BCUT2D eigenvalue weighted by atomic mass is 32.2. The molecule has 0 aliphatic carbocycles. The Morgan fingerprint density at radius 3 is 2.53 bits per heavy atom. The average Bonchev–Trinajstić information content (AvgIpc) is 2.18. The summed E-state index contributed by atoms with van der Waals surface area (Å²) in [7, 11) is -3.08. The zero-order valence-electron chi connectivity index (χ0n) is 8.53. The molecule has 0 bridgehead atoms. The molecular weight excluding hydrogens is 212 g/mol. The molecule has 4 nitrogen and oxygen atoms in total. The quantitative estimate of drug-likeness (QED) is 0.591. The smallest absolute Gasteiger partial charge is 0.154 e. The summed E-state index contributed by atoms with van der Waals surface area (Å²) in [5.41, 5.74) is 6.45. The van der Waals surface area contributed by atoms with E-state index in [9.17, 15) is 8.42 Å². The second kappa shape index (κ2) is 4.44. The lowest BCUT2D eigenvalue weighted by atomic mass is 10.1. The number of benzene rings is 1. The van der Waals surface area contributed by atoms with Gasteiger partial charge in [0.05, 0.1) is 5.75 Å². The monoisotopic (exact) mass is 226 g/mol. The summed E-state index contributed by atoms with van der Waals surface area (Å²) in [5.74, 6) is -0.0599. The standard InChI is InChI=1S/C10H14N2O2S/c1-2-15(13,14)7-8-5-3-4-6-9(8)10(11)12/h3-6H,2,7H2,1H3,(H3,11,12). The zero-order valence-corrected chi connectivity index (χ0v) is 9.34. The van der Waals surface area contributed by atoms with Crippen LogP contribution in [-0.4, -0.2) is 20.0 Å². The molecule has 5 heteroatoms. The molecular formula is C10H14N2O2S. The Kier molecular flexibility index (Phi) is 3.47. The molecule has 0 aliphatic heterocycles. The Bertz CT molecular complexity index is 466. The van der Waals surface area contributed by atoms with Crippen molar-refractivity contribution in [3.63, 3.8) is 0 Å². The van der Waals surface area contributed by atoms with Crippen molar-refractivity contribution < 1.29 is 8.42 Å². The van der Waals surface area contributed by atoms with Gasteiger partial charge in [-0.25, -0.2) is 8.42 Å². The highest BCUT2D eigenvalue weighted by molar-refractivity contribution is 7.90. The van der Waals surface area contributed by atoms with Crippen LogP contribution >= 0.6 is 0 Å². The van der Waals surface area contributed by atoms with E-state index in [-0.39, 0.29) is 17.3 Å². The fourth-order valence-electron chi connectivity index (χ4n) is 1.25. The summed E-state index contributed by atoms with van der Waals surface area (Å²) in [6.07, 6.45) is 0. The lowest BCUT2D eigenvalue weighted by molar-refractivity contribution is 0.596. The molecule has 1 aromatic rings. The fourth-order valence-corrected chi connectivity index (χ4v) is 2.18. The normalized spacial score (nSPS) is 11.3. The van der Waals surface area contributed by atoms with Gasteiger partial charge in [0.1, 0.15) is 5.84 Å². The van der Waals surface area contributed by atoms with Crippen LogP contribution < -0.4 is 5.73 Å². The van der Waals surface area contributed by atoms with Gasteiger partial charge in [0, 0.05) is 11.3 Å². The molecule has 0 heterocycles. The Hall–Kier alpha value is -1.36. The summed E-state index contributed by atoms with van der Waals surface area (Å²) in [4.78, 5) is 0. The number of nitrogens with two attached hydrogens (primary N) is 1. The van der Waals surface area contributed by atoms with Crippen LogP contribution in [-0.2, 0) is 15.6 Å². The number of hydrogen-bond donors (Lipinski definition) is 2. The van der Waals surface area contributed by atoms with E-state index in [0.717, 1.165) is 0 Å². The van der Waals surface area contributed by atoms with Crippen LogP contribution in [0, 0.1) is 5.41 Å². The van der Waals surface area contributed by atoms with Gasteiger partial charge in [0.25, 0.3) is 0 Å². The van der Waals surface area contributed by atoms with Gasteiger partial charge in [0.2, 0.25) is 0 Å². The second-order valence-corrected chi connectivity index (χ2v) is 5.60. The van der Waals surface area contributed by atoms with Gasteiger partial charge in [-0.05, 0) is 5.56 Å². The van der Waals surface area contributed by atoms with Crippen LogP contribution in [0.5, 0.6) is 0 Å². The minimum Gasteiger partial charge on any atom is -0.384 e. The van der Waals surface area contributed by atoms with Crippen molar-refractivity contribution in [1.82, 2.24) is 0 Å². The van der Waals surface area contributed by atoms with Crippen LogP contribution in [0.2, 0.25) is 0 Å². The highest BCUT2D eigenvalue weighted by Gasteiger charge is 2.12. The minimum absolute atomic E-state index is 0.0563. The number of nitrogens with one attached hydrogen (secondary N) is 1. The molecule has 0 aromatic heterocycles. The van der Waals surface area contributed by atoms with E-state index in [1.807, 2.05) is 0 Å². The molecule has 0 spiro atoms. The van der Waals surface area contributed by atoms with E-state index in [1.165, 1.54) is 0 Å². The van der Waals surface area contributed by atoms with Gasteiger partial charge in [-0.15, -0.1) is 0 Å². The van der Waals surface area contributed by atoms with E-state index < -0.39 is 9.84 Å². The summed E-state index contributed by atoms with van der Waals surface area (Å²) in [5, 5.41) is 7.32. The molecule has 15 heavy (non-hydrogen) atoms. The molecule has 0 aliphatic rings. The number of amidine groups is 1. The fraction of sp³-hybridized carbons (Fsp3) is 0.300. The van der Waals surface area contributed by atoms with Gasteiger partial charge in [-0.3, -0.25) is 5.41 Å². The lowest BCUT2D eigenvalue weighted by Gasteiger charge is -2.07. The van der Waals surface area contributed by atoms with Crippen molar-refractivity contribution in [1.29, 1.82) is 5.41 Å². The molecule has 0 fully saturated rings. The van der Waals surface area contributed by atoms with Crippen molar-refractivity contribution in [3.8, 4) is 0 Å². The molecule has 1 rings (SSSR count). The largest absolute Gasteiger partial charge is 0.384 e. The molecule has 1 aromatic carbocycles. The Morgan fingerprint density at radius 2 is 2.00 bits per heavy atom. The number of nitrogen functional groups attached to an aromatic ring is 1. The third-order valence-corrected chi connectivity index (χ3v) is 3.75. The molecule has 0 saturated carbocycles. The van der Waals surface area contributed by atoms with E-state index in [0.29, 0.717) is 11.1 Å². The van der Waals surface area contributed by atoms with Crippen LogP contribution in [0.25, 0.3) is 0 Å². The van der Waals surface area contributed by atoms with Crippen LogP contribution in [0.3, 0.4) is 0 Å². The van der Waals surface area contributed by atoms with Gasteiger partial charge >= 0.3 is 0 Å². The maximum atomic E-state index is 11.4. The van der Waals surface area contributed by atoms with Gasteiger partial charge < -0.3 is 5.73 Å². The number of rotatable bonds is 4. The predicted molar refractivity (Wildman–Crippen MR) is 60.6 cm³/mol. The van der Waals surface area contributed by atoms with Gasteiger partial charge in [-0.2, -0.15) is 0 Å². The maximum Gasteiger partial charge on any atom is 0.154 e. The average molecular weight is 226 g/mol. The Balaban J connectivity index is 3.10. The van der Waals surface area contributed by atoms with Crippen LogP contribution in [0.4, 0.5) is 0 Å². The summed E-state index contributed by atoms with van der Waals surface area (Å²) in [6, 6.07) is 6.82.